The fourth-order valence-corrected chi connectivity index (χ4v) is 1.74. The normalized spacial score (nSPS) is 15.0. The third-order valence-electron chi connectivity index (χ3n) is 2.44. The molecule has 0 amide bonds. The molecule has 1 aliphatic heterocycles. The van der Waals surface area contributed by atoms with E-state index in [0.717, 1.165) is 17.9 Å². The van der Waals surface area contributed by atoms with Crippen LogP contribution >= 0.6 is 0 Å². The average Bonchev–Trinajstić information content (AvgIpc) is 2.28. The lowest BCUT2D eigenvalue weighted by Crippen LogP contribution is -2.07. The highest BCUT2D eigenvalue weighted by atomic mass is 16.5. The molecular weight excluding hydrogens is 184 g/mol. The highest BCUT2D eigenvalue weighted by Crippen LogP contribution is 2.30. The van der Waals surface area contributed by atoms with Crippen LogP contribution in [0.25, 0.3) is 0 Å². The number of hydrogen-bond donors (Lipinski definition) is 0. The van der Waals surface area contributed by atoms with Crippen LogP contribution < -0.4 is 4.74 Å². The minimum Gasteiger partial charge on any atom is -0.457 e. The van der Waals surface area contributed by atoms with Gasteiger partial charge in [-0.15, -0.1) is 0 Å². The van der Waals surface area contributed by atoms with Gasteiger partial charge in [0.15, 0.2) is 0 Å². The molecule has 0 aromatic heterocycles. The molecule has 0 atom stereocenters. The molecule has 2 rings (SSSR count). The third-order valence-corrected chi connectivity index (χ3v) is 2.44. The first-order valence-corrected chi connectivity index (χ1v) is 5.09. The van der Waals surface area contributed by atoms with Gasteiger partial charge >= 0.3 is 0 Å². The van der Waals surface area contributed by atoms with Gasteiger partial charge in [-0.25, -0.2) is 0 Å². The van der Waals surface area contributed by atoms with E-state index in [4.69, 9.17) is 4.74 Å². The minimum atomic E-state index is 0.867. The number of ether oxygens (including phenoxy) is 1. The molecule has 1 aromatic carbocycles. The number of fused-ring (bicyclic) bond motifs is 1. The van der Waals surface area contributed by atoms with Crippen molar-refractivity contribution in [2.24, 2.45) is 0 Å². The number of allylic oxidation sites excluding steroid dienone is 4. The Labute approximate surface area is 90.4 Å². The third kappa shape index (κ3) is 1.86. The van der Waals surface area contributed by atoms with Crippen molar-refractivity contribution in [3.8, 4) is 5.75 Å². The molecule has 0 aliphatic carbocycles. The zero-order chi connectivity index (χ0) is 10.7. The summed E-state index contributed by atoms with van der Waals surface area (Å²) >= 11 is 0. The number of para-hydroxylation sites is 1. The SMILES string of the molecule is C=CC1=C(/C=C\C)Cc2ccccc2O1. The van der Waals surface area contributed by atoms with Gasteiger partial charge in [-0.05, 0) is 30.2 Å². The van der Waals surface area contributed by atoms with Crippen LogP contribution in [-0.2, 0) is 6.42 Å². The standard InChI is InChI=1S/C14H14O/c1-3-7-11-10-12-8-5-6-9-14(12)15-13(11)4-2/h3-9H,2,10H2,1H3/b7-3-. The molecule has 1 aliphatic rings. The van der Waals surface area contributed by atoms with Crippen LogP contribution in [0.4, 0.5) is 0 Å². The summed E-state index contributed by atoms with van der Waals surface area (Å²) in [4.78, 5) is 0. The maximum atomic E-state index is 5.76. The summed E-state index contributed by atoms with van der Waals surface area (Å²) in [6, 6.07) is 8.11. The first kappa shape index (κ1) is 9.78. The van der Waals surface area contributed by atoms with Crippen LogP contribution in [0.2, 0.25) is 0 Å². The van der Waals surface area contributed by atoms with E-state index in [1.165, 1.54) is 11.1 Å². The van der Waals surface area contributed by atoms with Gasteiger partial charge in [-0.3, -0.25) is 0 Å². The summed E-state index contributed by atoms with van der Waals surface area (Å²) in [6.45, 7) is 5.78. The van der Waals surface area contributed by atoms with Gasteiger partial charge in [-0.2, -0.15) is 0 Å². The summed E-state index contributed by atoms with van der Waals surface area (Å²) in [6.07, 6.45) is 6.79. The first-order chi connectivity index (χ1) is 7.35. The van der Waals surface area contributed by atoms with Gasteiger partial charge in [-0.1, -0.05) is 36.9 Å². The Kier molecular flexibility index (Phi) is 2.72. The highest BCUT2D eigenvalue weighted by molar-refractivity contribution is 5.46. The number of hydrogen-bond acceptors (Lipinski definition) is 1. The van der Waals surface area contributed by atoms with Crippen LogP contribution in [-0.4, -0.2) is 0 Å². The van der Waals surface area contributed by atoms with E-state index in [2.05, 4.69) is 18.7 Å². The maximum absolute atomic E-state index is 5.76. The lowest BCUT2D eigenvalue weighted by Gasteiger charge is -2.19. The molecule has 0 saturated heterocycles. The summed E-state index contributed by atoms with van der Waals surface area (Å²) in [7, 11) is 0. The quantitative estimate of drug-likeness (QED) is 0.705. The second-order valence-electron chi connectivity index (χ2n) is 3.48. The molecule has 1 aromatic rings. The molecule has 0 spiro atoms. The zero-order valence-corrected chi connectivity index (χ0v) is 8.86. The Morgan fingerprint density at radius 1 is 1.33 bits per heavy atom. The summed E-state index contributed by atoms with van der Waals surface area (Å²) in [5.74, 6) is 1.81. The smallest absolute Gasteiger partial charge is 0.130 e. The predicted octanol–water partition coefficient (Wildman–Crippen LogP) is 3.64. The Balaban J connectivity index is 2.41. The fraction of sp³-hybridized carbons (Fsp3) is 0.143. The maximum Gasteiger partial charge on any atom is 0.130 e. The first-order valence-electron chi connectivity index (χ1n) is 5.09. The van der Waals surface area contributed by atoms with Crippen LogP contribution in [0.1, 0.15) is 12.5 Å². The summed E-state index contributed by atoms with van der Waals surface area (Å²) < 4.78 is 5.76. The van der Waals surface area contributed by atoms with Gasteiger partial charge in [0, 0.05) is 6.42 Å². The molecule has 15 heavy (non-hydrogen) atoms. The molecule has 1 nitrogen and oxygen atoms in total. The second-order valence-corrected chi connectivity index (χ2v) is 3.48. The Morgan fingerprint density at radius 2 is 2.13 bits per heavy atom. The largest absolute Gasteiger partial charge is 0.457 e. The van der Waals surface area contributed by atoms with Crippen LogP contribution in [0.5, 0.6) is 5.75 Å². The van der Waals surface area contributed by atoms with E-state index in [0.29, 0.717) is 0 Å². The molecule has 0 unspecified atom stereocenters. The summed E-state index contributed by atoms with van der Waals surface area (Å²) in [5.41, 5.74) is 2.42. The number of benzene rings is 1. The molecule has 1 heteroatoms. The van der Waals surface area contributed by atoms with E-state index >= 15 is 0 Å². The van der Waals surface area contributed by atoms with Crippen molar-refractivity contribution < 1.29 is 4.74 Å². The zero-order valence-electron chi connectivity index (χ0n) is 8.86. The molecule has 0 bridgehead atoms. The van der Waals surface area contributed by atoms with Crippen molar-refractivity contribution in [2.45, 2.75) is 13.3 Å². The van der Waals surface area contributed by atoms with Crippen molar-refractivity contribution in [3.63, 3.8) is 0 Å². The minimum absolute atomic E-state index is 0.867. The van der Waals surface area contributed by atoms with Crippen molar-refractivity contribution in [1.29, 1.82) is 0 Å². The van der Waals surface area contributed by atoms with Gasteiger partial charge in [0.1, 0.15) is 11.5 Å². The van der Waals surface area contributed by atoms with Gasteiger partial charge in [0.2, 0.25) is 0 Å². The predicted molar refractivity (Wildman–Crippen MR) is 62.8 cm³/mol. The molecule has 0 fully saturated rings. The van der Waals surface area contributed by atoms with Crippen molar-refractivity contribution in [1.82, 2.24) is 0 Å². The summed E-state index contributed by atoms with van der Waals surface area (Å²) in [5, 5.41) is 0. The molecule has 0 radical (unpaired) electrons. The monoisotopic (exact) mass is 198 g/mol. The van der Waals surface area contributed by atoms with Crippen LogP contribution in [0.3, 0.4) is 0 Å². The Morgan fingerprint density at radius 3 is 2.87 bits per heavy atom. The van der Waals surface area contributed by atoms with Crippen LogP contribution in [0, 0.1) is 0 Å². The van der Waals surface area contributed by atoms with E-state index < -0.39 is 0 Å². The van der Waals surface area contributed by atoms with Gasteiger partial charge in [0.25, 0.3) is 0 Å². The van der Waals surface area contributed by atoms with E-state index in [1.807, 2.05) is 31.2 Å². The van der Waals surface area contributed by atoms with Gasteiger partial charge in [0.05, 0.1) is 0 Å². The van der Waals surface area contributed by atoms with E-state index in [-0.39, 0.29) is 0 Å². The number of rotatable bonds is 2. The highest BCUT2D eigenvalue weighted by Gasteiger charge is 2.15. The van der Waals surface area contributed by atoms with Gasteiger partial charge < -0.3 is 4.74 Å². The molecule has 1 heterocycles. The fourth-order valence-electron chi connectivity index (χ4n) is 1.74. The molecule has 0 saturated carbocycles. The Hall–Kier alpha value is -1.76. The topological polar surface area (TPSA) is 9.23 Å². The Bertz CT molecular complexity index is 438. The molecule has 76 valence electrons. The second kappa shape index (κ2) is 4.18. The van der Waals surface area contributed by atoms with E-state index in [1.54, 1.807) is 6.08 Å². The van der Waals surface area contributed by atoms with Crippen LogP contribution in [0.15, 0.2) is 60.4 Å². The average molecular weight is 198 g/mol. The molecular formula is C14H14O. The van der Waals surface area contributed by atoms with E-state index in [9.17, 15) is 0 Å². The lowest BCUT2D eigenvalue weighted by atomic mass is 10.00. The van der Waals surface area contributed by atoms with Crippen molar-refractivity contribution in [3.05, 3.63) is 66.0 Å². The van der Waals surface area contributed by atoms with Crippen molar-refractivity contribution in [2.75, 3.05) is 0 Å². The van der Waals surface area contributed by atoms with Crippen molar-refractivity contribution >= 4 is 0 Å². The lowest BCUT2D eigenvalue weighted by molar-refractivity contribution is 0.423. The molecule has 0 N–H and O–H groups in total.